The van der Waals surface area contributed by atoms with Crippen LogP contribution in [0.25, 0.3) is 0 Å². The molecule has 0 N–H and O–H groups in total. The Morgan fingerprint density at radius 2 is 1.64 bits per heavy atom. The first-order chi connectivity index (χ1) is 4.87. The van der Waals surface area contributed by atoms with Gasteiger partial charge in [0.25, 0.3) is 0 Å². The molecule has 70 valence electrons. The van der Waals surface area contributed by atoms with Crippen LogP contribution in [0, 0.1) is 5.92 Å². The second-order valence-corrected chi connectivity index (χ2v) is 8.30. The van der Waals surface area contributed by atoms with Crippen molar-refractivity contribution in [1.29, 1.82) is 0 Å². The van der Waals surface area contributed by atoms with Crippen LogP contribution in [0.2, 0.25) is 0 Å². The molecule has 1 nitrogen and oxygen atoms in total. The van der Waals surface area contributed by atoms with E-state index >= 15 is 0 Å². The third kappa shape index (κ3) is 5.42. The first kappa shape index (κ1) is 11.2. The van der Waals surface area contributed by atoms with Gasteiger partial charge in [0.15, 0.2) is 0 Å². The smallest absolute Gasteiger partial charge is 0.0545 e. The first-order valence-corrected chi connectivity index (χ1v) is 7.49. The molecule has 0 aliphatic heterocycles. The van der Waals surface area contributed by atoms with Crippen LogP contribution in [-0.4, -0.2) is 24.8 Å². The van der Waals surface area contributed by atoms with Crippen molar-refractivity contribution in [3.05, 3.63) is 0 Å². The summed E-state index contributed by atoms with van der Waals surface area (Å²) in [4.78, 5) is 0. The summed E-state index contributed by atoms with van der Waals surface area (Å²) >= 11 is 0. The molecule has 0 rings (SSSR count). The van der Waals surface area contributed by atoms with Gasteiger partial charge in [-0.3, -0.25) is 4.36 Å². The molecule has 0 aliphatic rings. The van der Waals surface area contributed by atoms with Crippen molar-refractivity contribution in [3.63, 3.8) is 0 Å². The van der Waals surface area contributed by atoms with Crippen molar-refractivity contribution in [2.24, 2.45) is 10.3 Å². The highest BCUT2D eigenvalue weighted by Gasteiger charge is 2.08. The van der Waals surface area contributed by atoms with E-state index in [0.29, 0.717) is 6.04 Å². The fraction of sp³-hybridized carbons (Fsp3) is 1.00. The van der Waals surface area contributed by atoms with Crippen molar-refractivity contribution in [2.75, 3.05) is 18.8 Å². The third-order valence-electron chi connectivity index (χ3n) is 2.00. The van der Waals surface area contributed by atoms with Gasteiger partial charge >= 0.3 is 0 Å². The Balaban J connectivity index is 4.17. The molecule has 2 heteroatoms. The lowest BCUT2D eigenvalue weighted by atomic mass is 10.0. The normalized spacial score (nSPS) is 19.1. The highest BCUT2D eigenvalue weighted by atomic mass is 32.2. The summed E-state index contributed by atoms with van der Waals surface area (Å²) in [5.41, 5.74) is 0. The lowest BCUT2D eigenvalue weighted by Crippen LogP contribution is -2.15. The lowest BCUT2D eigenvalue weighted by molar-refractivity contribution is 0.475. The van der Waals surface area contributed by atoms with Gasteiger partial charge in [0.2, 0.25) is 0 Å². The standard InChI is InChI=1S/C9H23NS/c1-7-8(2)9(3)10-11(4,5)6/h8-9,11H,7H2,1-6H3. The van der Waals surface area contributed by atoms with Crippen LogP contribution >= 0.6 is 0 Å². The van der Waals surface area contributed by atoms with Gasteiger partial charge in [0.1, 0.15) is 0 Å². The summed E-state index contributed by atoms with van der Waals surface area (Å²) in [6.07, 6.45) is 8.05. The molecule has 0 heterocycles. The minimum atomic E-state index is -0.914. The van der Waals surface area contributed by atoms with Gasteiger partial charge in [0, 0.05) is 0 Å². The summed E-state index contributed by atoms with van der Waals surface area (Å²) in [5.74, 6) is 0.745. The number of hydrogen-bond donors (Lipinski definition) is 1. The summed E-state index contributed by atoms with van der Waals surface area (Å²) in [6.45, 7) is 6.75. The van der Waals surface area contributed by atoms with Crippen molar-refractivity contribution < 1.29 is 0 Å². The lowest BCUT2D eigenvalue weighted by Gasteiger charge is -2.20. The zero-order chi connectivity index (χ0) is 9.07. The van der Waals surface area contributed by atoms with Crippen LogP contribution in [0.4, 0.5) is 0 Å². The van der Waals surface area contributed by atoms with Crippen LogP contribution in [-0.2, 0) is 9.82 Å². The van der Waals surface area contributed by atoms with Crippen molar-refractivity contribution in [2.45, 2.75) is 33.2 Å². The molecule has 0 aliphatic carbocycles. The maximum Gasteiger partial charge on any atom is 0.0545 e. The molecular weight excluding hydrogens is 154 g/mol. The van der Waals surface area contributed by atoms with Crippen molar-refractivity contribution >= 4 is 9.82 Å². The molecule has 2 atom stereocenters. The highest BCUT2D eigenvalue weighted by molar-refractivity contribution is 8.03. The van der Waals surface area contributed by atoms with Gasteiger partial charge in [-0.15, -0.1) is 0 Å². The topological polar surface area (TPSA) is 12.4 Å². The Morgan fingerprint density at radius 1 is 1.18 bits per heavy atom. The molecule has 0 aromatic carbocycles. The minimum Gasteiger partial charge on any atom is -0.283 e. The van der Waals surface area contributed by atoms with E-state index in [0.717, 1.165) is 5.92 Å². The number of nitrogens with zero attached hydrogens (tertiary/aromatic N) is 1. The second kappa shape index (κ2) is 4.24. The van der Waals surface area contributed by atoms with Crippen LogP contribution in [0.1, 0.15) is 27.2 Å². The Kier molecular flexibility index (Phi) is 4.30. The summed E-state index contributed by atoms with van der Waals surface area (Å²) in [7, 11) is -0.914. The molecule has 0 radical (unpaired) electrons. The number of rotatable bonds is 3. The van der Waals surface area contributed by atoms with E-state index in [2.05, 4.69) is 39.5 Å². The molecule has 0 bridgehead atoms. The van der Waals surface area contributed by atoms with Gasteiger partial charge < -0.3 is 0 Å². The van der Waals surface area contributed by atoms with E-state index < -0.39 is 9.82 Å². The van der Waals surface area contributed by atoms with E-state index in [9.17, 15) is 0 Å². The molecular formula is C9H23NS. The predicted octanol–water partition coefficient (Wildman–Crippen LogP) is 2.38. The minimum absolute atomic E-state index is 0.549. The van der Waals surface area contributed by atoms with E-state index in [4.69, 9.17) is 4.36 Å². The molecule has 2 unspecified atom stereocenters. The van der Waals surface area contributed by atoms with E-state index in [-0.39, 0.29) is 0 Å². The van der Waals surface area contributed by atoms with Gasteiger partial charge in [-0.05, 0) is 31.6 Å². The van der Waals surface area contributed by atoms with Crippen molar-refractivity contribution in [3.8, 4) is 0 Å². The van der Waals surface area contributed by atoms with Crippen molar-refractivity contribution in [1.82, 2.24) is 0 Å². The van der Waals surface area contributed by atoms with Crippen LogP contribution < -0.4 is 0 Å². The molecule has 0 spiro atoms. The quantitative estimate of drug-likeness (QED) is 0.636. The van der Waals surface area contributed by atoms with E-state index in [1.54, 1.807) is 0 Å². The zero-order valence-corrected chi connectivity index (χ0v) is 9.65. The summed E-state index contributed by atoms with van der Waals surface area (Å²) in [6, 6.07) is 0.549. The maximum absolute atomic E-state index is 4.79. The molecule has 0 amide bonds. The molecule has 0 aromatic heterocycles. The Hall–Kier alpha value is 0.150. The van der Waals surface area contributed by atoms with E-state index in [1.807, 2.05) is 0 Å². The fourth-order valence-corrected chi connectivity index (χ4v) is 2.32. The Bertz CT molecular complexity index is 149. The van der Waals surface area contributed by atoms with Gasteiger partial charge in [0.05, 0.1) is 6.04 Å². The molecule has 0 saturated carbocycles. The zero-order valence-electron chi connectivity index (χ0n) is 8.76. The summed E-state index contributed by atoms with van der Waals surface area (Å²) < 4.78 is 4.79. The largest absolute Gasteiger partial charge is 0.283 e. The number of thiol groups is 1. The monoisotopic (exact) mass is 177 g/mol. The fourth-order valence-electron chi connectivity index (χ4n) is 1.00. The van der Waals surface area contributed by atoms with Gasteiger partial charge in [-0.1, -0.05) is 20.3 Å². The molecule has 0 aromatic rings. The van der Waals surface area contributed by atoms with Crippen LogP contribution in [0.5, 0.6) is 0 Å². The second-order valence-electron chi connectivity index (χ2n) is 4.18. The van der Waals surface area contributed by atoms with Gasteiger partial charge in [-0.25, -0.2) is 9.82 Å². The molecule has 0 saturated heterocycles. The Morgan fingerprint density at radius 3 is 1.91 bits per heavy atom. The molecule has 11 heavy (non-hydrogen) atoms. The maximum atomic E-state index is 4.79. The molecule has 0 fully saturated rings. The Labute approximate surface area is 72.7 Å². The average molecular weight is 177 g/mol. The predicted molar refractivity (Wildman–Crippen MR) is 57.9 cm³/mol. The van der Waals surface area contributed by atoms with Gasteiger partial charge in [-0.2, -0.15) is 0 Å². The third-order valence-corrected chi connectivity index (χ3v) is 3.05. The average Bonchev–Trinajstić information content (AvgIpc) is 1.82. The highest BCUT2D eigenvalue weighted by Crippen LogP contribution is 2.13. The number of hydrogen-bond acceptors (Lipinski definition) is 1. The van der Waals surface area contributed by atoms with Crippen LogP contribution in [0.15, 0.2) is 4.36 Å². The first-order valence-electron chi connectivity index (χ1n) is 4.40. The van der Waals surface area contributed by atoms with E-state index in [1.165, 1.54) is 6.42 Å². The summed E-state index contributed by atoms with van der Waals surface area (Å²) in [5, 5.41) is 0. The van der Waals surface area contributed by atoms with Crippen LogP contribution in [0.3, 0.4) is 0 Å². The SMILES string of the molecule is CCC(C)C(C)N=[SH](C)(C)C.